The highest BCUT2D eigenvalue weighted by atomic mass is 19.2. The molecule has 0 unspecified atom stereocenters. The molecule has 13 heavy (non-hydrogen) atoms. The Kier molecular flexibility index (Phi) is 2.95. The lowest BCUT2D eigenvalue weighted by atomic mass is 9.90. The standard InChI is InChI=1S/C9H17FO3/c1-5(2)7-3-6(4-11)8(12)9(7,10)13/h5-8,11-13H,3-4H2,1-2H3/t6-,7+,8-,9+/m1/s1. The third-order valence-electron chi connectivity index (χ3n) is 2.98. The van der Waals surface area contributed by atoms with Crippen molar-refractivity contribution in [1.82, 2.24) is 0 Å². The van der Waals surface area contributed by atoms with Gasteiger partial charge >= 0.3 is 0 Å². The Morgan fingerprint density at radius 2 is 2.08 bits per heavy atom. The second kappa shape index (κ2) is 3.52. The van der Waals surface area contributed by atoms with E-state index in [0.717, 1.165) is 0 Å². The van der Waals surface area contributed by atoms with Gasteiger partial charge in [-0.2, -0.15) is 0 Å². The van der Waals surface area contributed by atoms with E-state index >= 15 is 0 Å². The largest absolute Gasteiger partial charge is 0.396 e. The molecular weight excluding hydrogens is 175 g/mol. The molecule has 1 fully saturated rings. The van der Waals surface area contributed by atoms with Crippen LogP contribution in [0.2, 0.25) is 0 Å². The predicted molar refractivity (Wildman–Crippen MR) is 45.6 cm³/mol. The van der Waals surface area contributed by atoms with Crippen LogP contribution in [0, 0.1) is 17.8 Å². The summed E-state index contributed by atoms with van der Waals surface area (Å²) in [5.41, 5.74) is 0. The number of rotatable bonds is 2. The van der Waals surface area contributed by atoms with Crippen molar-refractivity contribution < 1.29 is 19.7 Å². The number of hydrogen-bond acceptors (Lipinski definition) is 3. The molecular formula is C9H17FO3. The van der Waals surface area contributed by atoms with Crippen LogP contribution in [-0.4, -0.2) is 33.9 Å². The lowest BCUT2D eigenvalue weighted by Gasteiger charge is -2.27. The molecule has 0 radical (unpaired) electrons. The summed E-state index contributed by atoms with van der Waals surface area (Å²) in [6.07, 6.45) is -1.12. The van der Waals surface area contributed by atoms with E-state index in [-0.39, 0.29) is 12.5 Å². The van der Waals surface area contributed by atoms with E-state index in [1.807, 2.05) is 0 Å². The molecule has 78 valence electrons. The molecule has 4 heteroatoms. The molecule has 0 saturated heterocycles. The van der Waals surface area contributed by atoms with Crippen LogP contribution in [0.25, 0.3) is 0 Å². The molecule has 1 aliphatic carbocycles. The highest BCUT2D eigenvalue weighted by molar-refractivity contribution is 4.97. The zero-order chi connectivity index (χ0) is 10.2. The van der Waals surface area contributed by atoms with Gasteiger partial charge in [0.15, 0.2) is 0 Å². The normalized spacial score (nSPS) is 45.9. The molecule has 0 aromatic heterocycles. The summed E-state index contributed by atoms with van der Waals surface area (Å²) in [5.74, 6) is -3.70. The molecule has 0 heterocycles. The summed E-state index contributed by atoms with van der Waals surface area (Å²) >= 11 is 0. The van der Waals surface area contributed by atoms with Gasteiger partial charge in [0, 0.05) is 18.4 Å². The van der Waals surface area contributed by atoms with Gasteiger partial charge in [-0.15, -0.1) is 0 Å². The Morgan fingerprint density at radius 3 is 2.31 bits per heavy atom. The summed E-state index contributed by atoms with van der Waals surface area (Å²) in [7, 11) is 0. The smallest absolute Gasteiger partial charge is 0.236 e. The van der Waals surface area contributed by atoms with Gasteiger partial charge in [0.1, 0.15) is 6.10 Å². The summed E-state index contributed by atoms with van der Waals surface area (Å²) in [6, 6.07) is 0. The zero-order valence-electron chi connectivity index (χ0n) is 7.94. The van der Waals surface area contributed by atoms with Crippen LogP contribution < -0.4 is 0 Å². The van der Waals surface area contributed by atoms with E-state index in [1.165, 1.54) is 0 Å². The zero-order valence-corrected chi connectivity index (χ0v) is 7.94. The molecule has 0 bridgehead atoms. The average molecular weight is 192 g/mol. The fraction of sp³-hybridized carbons (Fsp3) is 1.00. The molecule has 0 aromatic carbocycles. The van der Waals surface area contributed by atoms with E-state index in [0.29, 0.717) is 6.42 Å². The van der Waals surface area contributed by atoms with Crippen molar-refractivity contribution in [2.24, 2.45) is 17.8 Å². The first-order valence-corrected chi connectivity index (χ1v) is 4.61. The van der Waals surface area contributed by atoms with Crippen LogP contribution in [0.4, 0.5) is 4.39 Å². The number of halogens is 1. The topological polar surface area (TPSA) is 60.7 Å². The molecule has 1 saturated carbocycles. The minimum atomic E-state index is -2.54. The Balaban J connectivity index is 2.80. The summed E-state index contributed by atoms with van der Waals surface area (Å²) in [5, 5.41) is 27.5. The van der Waals surface area contributed by atoms with E-state index in [4.69, 9.17) is 5.11 Å². The SMILES string of the molecule is CC(C)[C@@H]1C[C@H](CO)[C@@H](O)[C@]1(O)F. The fourth-order valence-electron chi connectivity index (χ4n) is 2.08. The number of aliphatic hydroxyl groups excluding tert-OH is 2. The molecule has 0 amide bonds. The van der Waals surface area contributed by atoms with Gasteiger partial charge in [-0.05, 0) is 12.3 Å². The van der Waals surface area contributed by atoms with Crippen LogP contribution in [0.15, 0.2) is 0 Å². The monoisotopic (exact) mass is 192 g/mol. The van der Waals surface area contributed by atoms with E-state index < -0.39 is 23.8 Å². The third kappa shape index (κ3) is 1.71. The Hall–Kier alpha value is -0.190. The maximum atomic E-state index is 13.6. The maximum absolute atomic E-state index is 13.6. The number of hydrogen-bond donors (Lipinski definition) is 3. The van der Waals surface area contributed by atoms with Crippen LogP contribution >= 0.6 is 0 Å². The highest BCUT2D eigenvalue weighted by Gasteiger charge is 2.55. The summed E-state index contributed by atoms with van der Waals surface area (Å²) < 4.78 is 13.6. The minimum absolute atomic E-state index is 0.0406. The van der Waals surface area contributed by atoms with Gasteiger partial charge in [0.25, 0.3) is 0 Å². The van der Waals surface area contributed by atoms with Gasteiger partial charge in [-0.25, -0.2) is 4.39 Å². The Labute approximate surface area is 77.2 Å². The summed E-state index contributed by atoms with van der Waals surface area (Å²) in [4.78, 5) is 0. The number of aliphatic hydroxyl groups is 3. The van der Waals surface area contributed by atoms with E-state index in [9.17, 15) is 14.6 Å². The molecule has 1 rings (SSSR count). The van der Waals surface area contributed by atoms with E-state index in [2.05, 4.69) is 0 Å². The average Bonchev–Trinajstić information content (AvgIpc) is 2.25. The lowest BCUT2D eigenvalue weighted by Crippen LogP contribution is -2.42. The lowest BCUT2D eigenvalue weighted by molar-refractivity contribution is -0.192. The highest BCUT2D eigenvalue weighted by Crippen LogP contribution is 2.44. The van der Waals surface area contributed by atoms with Gasteiger partial charge < -0.3 is 15.3 Å². The van der Waals surface area contributed by atoms with Crippen molar-refractivity contribution in [2.75, 3.05) is 6.61 Å². The maximum Gasteiger partial charge on any atom is 0.236 e. The Morgan fingerprint density at radius 1 is 1.54 bits per heavy atom. The van der Waals surface area contributed by atoms with Crippen LogP contribution in [0.5, 0.6) is 0 Å². The van der Waals surface area contributed by atoms with E-state index in [1.54, 1.807) is 13.8 Å². The van der Waals surface area contributed by atoms with Gasteiger partial charge in [0.2, 0.25) is 5.85 Å². The fourth-order valence-corrected chi connectivity index (χ4v) is 2.08. The second-order valence-electron chi connectivity index (χ2n) is 4.20. The first-order valence-electron chi connectivity index (χ1n) is 4.61. The Bertz CT molecular complexity index is 182. The minimum Gasteiger partial charge on any atom is -0.396 e. The molecule has 4 atom stereocenters. The van der Waals surface area contributed by atoms with Gasteiger partial charge in [-0.3, -0.25) is 0 Å². The first-order chi connectivity index (χ1) is 5.91. The van der Waals surface area contributed by atoms with Crippen molar-refractivity contribution in [1.29, 1.82) is 0 Å². The molecule has 1 aliphatic rings. The number of alkyl halides is 1. The van der Waals surface area contributed by atoms with Crippen LogP contribution in [0.3, 0.4) is 0 Å². The van der Waals surface area contributed by atoms with Gasteiger partial charge in [0.05, 0.1) is 0 Å². The predicted octanol–water partition coefficient (Wildman–Crippen LogP) is 0.290. The first kappa shape index (κ1) is 10.9. The second-order valence-corrected chi connectivity index (χ2v) is 4.20. The van der Waals surface area contributed by atoms with Crippen molar-refractivity contribution in [3.05, 3.63) is 0 Å². The van der Waals surface area contributed by atoms with Crippen molar-refractivity contribution in [3.8, 4) is 0 Å². The molecule has 0 aliphatic heterocycles. The molecule has 0 aromatic rings. The molecule has 3 N–H and O–H groups in total. The molecule has 3 nitrogen and oxygen atoms in total. The van der Waals surface area contributed by atoms with Crippen molar-refractivity contribution in [3.63, 3.8) is 0 Å². The van der Waals surface area contributed by atoms with Crippen LogP contribution in [-0.2, 0) is 0 Å². The third-order valence-corrected chi connectivity index (χ3v) is 2.98. The van der Waals surface area contributed by atoms with Crippen LogP contribution in [0.1, 0.15) is 20.3 Å². The van der Waals surface area contributed by atoms with Gasteiger partial charge in [-0.1, -0.05) is 13.8 Å². The summed E-state index contributed by atoms with van der Waals surface area (Å²) in [6.45, 7) is 3.31. The molecule has 0 spiro atoms. The van der Waals surface area contributed by atoms with Crippen molar-refractivity contribution in [2.45, 2.75) is 32.2 Å². The van der Waals surface area contributed by atoms with Crippen molar-refractivity contribution >= 4 is 0 Å². The quantitative estimate of drug-likeness (QED) is 0.589.